The van der Waals surface area contributed by atoms with Crippen molar-refractivity contribution in [2.24, 2.45) is 0 Å². The van der Waals surface area contributed by atoms with Crippen molar-refractivity contribution in [2.75, 3.05) is 4.90 Å². The summed E-state index contributed by atoms with van der Waals surface area (Å²) < 4.78 is 11.5. The number of fused-ring (bicyclic) bond motifs is 11. The van der Waals surface area contributed by atoms with Crippen LogP contribution in [0.15, 0.2) is 156 Å². The first kappa shape index (κ1) is 24.1. The van der Waals surface area contributed by atoms with Gasteiger partial charge < -0.3 is 18.5 Å². The Bertz CT molecular complexity index is 2870. The summed E-state index contributed by atoms with van der Waals surface area (Å²) in [6, 6.07) is 54.5. The standard InChI is InChI=1S/C42H25N3O/c1-2-12-26(13-3-1)43-33-18-6-4-14-27(33)31-24-32-29-16-10-21-36-41(29)45(39(32)25-38(31)43)35-20-8-7-19-34(35)44(36)37-22-11-17-30-28-15-5-9-23-40(28)46-42(30)37/h1-25H. The molecule has 0 aliphatic carbocycles. The molecule has 0 fully saturated rings. The number of benzene rings is 7. The fourth-order valence-electron chi connectivity index (χ4n) is 7.93. The van der Waals surface area contributed by atoms with E-state index in [2.05, 4.69) is 160 Å². The summed E-state index contributed by atoms with van der Waals surface area (Å²) in [4.78, 5) is 2.39. The predicted octanol–water partition coefficient (Wildman–Crippen LogP) is 11.6. The maximum absolute atomic E-state index is 6.58. The van der Waals surface area contributed by atoms with E-state index in [1.807, 2.05) is 6.07 Å². The zero-order valence-electron chi connectivity index (χ0n) is 24.7. The summed E-state index contributed by atoms with van der Waals surface area (Å²) in [5.41, 5.74) is 12.2. The molecule has 0 spiro atoms. The quantitative estimate of drug-likeness (QED) is 0.201. The highest BCUT2D eigenvalue weighted by molar-refractivity contribution is 6.23. The SMILES string of the molecule is c1ccc(-n2c3ccccc3c3cc4c5cccc6c5n(c4cc32)-c2ccccc2N6c2cccc3c2oc2ccccc23)cc1. The van der Waals surface area contributed by atoms with Crippen LogP contribution in [0.3, 0.4) is 0 Å². The fraction of sp³-hybridized carbons (Fsp3) is 0. The van der Waals surface area contributed by atoms with Crippen LogP contribution in [-0.4, -0.2) is 9.13 Å². The number of aromatic nitrogens is 2. The van der Waals surface area contributed by atoms with Gasteiger partial charge in [-0.2, -0.15) is 0 Å². The monoisotopic (exact) mass is 587 g/mol. The van der Waals surface area contributed by atoms with E-state index in [4.69, 9.17) is 4.42 Å². The molecule has 0 N–H and O–H groups in total. The van der Waals surface area contributed by atoms with Gasteiger partial charge in [-0.05, 0) is 60.7 Å². The summed E-state index contributed by atoms with van der Waals surface area (Å²) in [5, 5.41) is 7.26. The second-order valence-electron chi connectivity index (χ2n) is 12.2. The minimum absolute atomic E-state index is 0.897. The number of para-hydroxylation sites is 7. The van der Waals surface area contributed by atoms with E-state index in [1.54, 1.807) is 0 Å². The van der Waals surface area contributed by atoms with Gasteiger partial charge in [0, 0.05) is 38.0 Å². The second kappa shape index (κ2) is 8.68. The highest BCUT2D eigenvalue weighted by Crippen LogP contribution is 2.52. The lowest BCUT2D eigenvalue weighted by Crippen LogP contribution is -2.18. The molecule has 0 saturated carbocycles. The van der Waals surface area contributed by atoms with Crippen LogP contribution in [-0.2, 0) is 0 Å². The zero-order valence-corrected chi connectivity index (χ0v) is 24.7. The van der Waals surface area contributed by atoms with E-state index >= 15 is 0 Å². The number of furan rings is 1. The Kier molecular flexibility index (Phi) is 4.55. The van der Waals surface area contributed by atoms with E-state index in [1.165, 1.54) is 43.6 Å². The first-order chi connectivity index (χ1) is 22.8. The van der Waals surface area contributed by atoms with Crippen molar-refractivity contribution in [1.82, 2.24) is 9.13 Å². The highest BCUT2D eigenvalue weighted by atomic mass is 16.3. The van der Waals surface area contributed by atoms with E-state index in [-0.39, 0.29) is 0 Å². The van der Waals surface area contributed by atoms with Gasteiger partial charge in [0.1, 0.15) is 5.58 Å². The van der Waals surface area contributed by atoms with Gasteiger partial charge in [0.2, 0.25) is 0 Å². The van der Waals surface area contributed by atoms with Gasteiger partial charge in [-0.1, -0.05) is 91.0 Å². The number of hydrogen-bond donors (Lipinski definition) is 0. The third-order valence-electron chi connectivity index (χ3n) is 9.80. The zero-order chi connectivity index (χ0) is 29.9. The molecule has 7 aromatic carbocycles. The Balaban J connectivity index is 1.28. The van der Waals surface area contributed by atoms with Crippen molar-refractivity contribution in [3.63, 3.8) is 0 Å². The molecule has 1 aliphatic heterocycles. The lowest BCUT2D eigenvalue weighted by molar-refractivity contribution is 0.669. The van der Waals surface area contributed by atoms with Crippen molar-refractivity contribution >= 4 is 82.6 Å². The number of anilines is 3. The fourth-order valence-corrected chi connectivity index (χ4v) is 7.93. The Morgan fingerprint density at radius 1 is 0.370 bits per heavy atom. The van der Waals surface area contributed by atoms with Crippen LogP contribution >= 0.6 is 0 Å². The molecule has 0 unspecified atom stereocenters. The van der Waals surface area contributed by atoms with Crippen LogP contribution in [0.1, 0.15) is 0 Å². The Morgan fingerprint density at radius 3 is 1.89 bits per heavy atom. The smallest absolute Gasteiger partial charge is 0.159 e. The van der Waals surface area contributed by atoms with Crippen molar-refractivity contribution < 1.29 is 4.42 Å². The van der Waals surface area contributed by atoms with Gasteiger partial charge in [-0.3, -0.25) is 0 Å². The Labute approximate surface area is 263 Å². The van der Waals surface area contributed by atoms with Crippen LogP contribution in [0.5, 0.6) is 0 Å². The minimum Gasteiger partial charge on any atom is -0.454 e. The molecule has 10 aromatic rings. The van der Waals surface area contributed by atoms with Crippen molar-refractivity contribution in [3.8, 4) is 11.4 Å². The van der Waals surface area contributed by atoms with E-state index in [0.29, 0.717) is 0 Å². The van der Waals surface area contributed by atoms with E-state index in [9.17, 15) is 0 Å². The highest BCUT2D eigenvalue weighted by Gasteiger charge is 2.30. The molecule has 0 bridgehead atoms. The Morgan fingerprint density at radius 2 is 1.00 bits per heavy atom. The van der Waals surface area contributed by atoms with Crippen LogP contribution in [0.25, 0.3) is 76.9 Å². The topological polar surface area (TPSA) is 26.2 Å². The van der Waals surface area contributed by atoms with Gasteiger partial charge in [0.15, 0.2) is 5.58 Å². The predicted molar refractivity (Wildman–Crippen MR) is 191 cm³/mol. The molecule has 3 aromatic heterocycles. The molecule has 4 heteroatoms. The molecule has 11 rings (SSSR count). The van der Waals surface area contributed by atoms with Gasteiger partial charge in [-0.25, -0.2) is 0 Å². The Hall–Kier alpha value is -6.26. The van der Waals surface area contributed by atoms with Gasteiger partial charge in [-0.15, -0.1) is 0 Å². The first-order valence-corrected chi connectivity index (χ1v) is 15.7. The summed E-state index contributed by atoms with van der Waals surface area (Å²) >= 11 is 0. The average Bonchev–Trinajstić information content (AvgIpc) is 3.77. The van der Waals surface area contributed by atoms with Gasteiger partial charge >= 0.3 is 0 Å². The second-order valence-corrected chi connectivity index (χ2v) is 12.2. The molecule has 0 saturated heterocycles. The van der Waals surface area contributed by atoms with E-state index < -0.39 is 0 Å². The molecule has 214 valence electrons. The lowest BCUT2D eigenvalue weighted by atomic mass is 10.1. The molecule has 46 heavy (non-hydrogen) atoms. The van der Waals surface area contributed by atoms with Crippen LogP contribution in [0.4, 0.5) is 17.1 Å². The molecular weight excluding hydrogens is 562 g/mol. The summed E-state index contributed by atoms with van der Waals surface area (Å²) in [7, 11) is 0. The number of rotatable bonds is 2. The van der Waals surface area contributed by atoms with Crippen molar-refractivity contribution in [1.29, 1.82) is 0 Å². The molecule has 4 nitrogen and oxygen atoms in total. The third kappa shape index (κ3) is 2.98. The molecule has 0 radical (unpaired) electrons. The van der Waals surface area contributed by atoms with E-state index in [0.717, 1.165) is 50.4 Å². The molecule has 0 amide bonds. The summed E-state index contributed by atoms with van der Waals surface area (Å²) in [5.74, 6) is 0. The molecule has 4 heterocycles. The summed E-state index contributed by atoms with van der Waals surface area (Å²) in [6.07, 6.45) is 0. The average molecular weight is 588 g/mol. The maximum atomic E-state index is 6.58. The van der Waals surface area contributed by atoms with Crippen LogP contribution in [0.2, 0.25) is 0 Å². The lowest BCUT2D eigenvalue weighted by Gasteiger charge is -2.33. The molecule has 0 atom stereocenters. The summed E-state index contributed by atoms with van der Waals surface area (Å²) in [6.45, 7) is 0. The maximum Gasteiger partial charge on any atom is 0.159 e. The van der Waals surface area contributed by atoms with Crippen LogP contribution < -0.4 is 4.90 Å². The number of nitrogens with zero attached hydrogens (tertiary/aromatic N) is 3. The van der Waals surface area contributed by atoms with Gasteiger partial charge in [0.05, 0.1) is 44.8 Å². The van der Waals surface area contributed by atoms with Crippen molar-refractivity contribution in [2.45, 2.75) is 0 Å². The molecule has 1 aliphatic rings. The first-order valence-electron chi connectivity index (χ1n) is 15.7. The van der Waals surface area contributed by atoms with Crippen molar-refractivity contribution in [3.05, 3.63) is 152 Å². The number of hydrogen-bond acceptors (Lipinski definition) is 2. The largest absolute Gasteiger partial charge is 0.454 e. The minimum atomic E-state index is 0.897. The van der Waals surface area contributed by atoms with Crippen LogP contribution in [0, 0.1) is 0 Å². The third-order valence-corrected chi connectivity index (χ3v) is 9.80. The normalized spacial score (nSPS) is 12.7. The van der Waals surface area contributed by atoms with Gasteiger partial charge in [0.25, 0.3) is 0 Å². The molecular formula is C42H25N3O.